The van der Waals surface area contributed by atoms with Gasteiger partial charge in [0.15, 0.2) is 0 Å². The lowest BCUT2D eigenvalue weighted by atomic mass is 9.77. The molecule has 0 saturated carbocycles. The average Bonchev–Trinajstić information content (AvgIpc) is 3.24. The molecule has 1 amide bonds. The van der Waals surface area contributed by atoms with Crippen molar-refractivity contribution in [3.05, 3.63) is 82.3 Å². The first-order valence-corrected chi connectivity index (χ1v) is 11.1. The normalized spacial score (nSPS) is 26.4. The van der Waals surface area contributed by atoms with Gasteiger partial charge < -0.3 is 10.4 Å². The van der Waals surface area contributed by atoms with Crippen molar-refractivity contribution >= 4 is 5.91 Å². The number of pyridine rings is 1. The maximum absolute atomic E-state index is 13.6. The number of carbonyl (C=O) groups is 1. The highest BCUT2D eigenvalue weighted by Crippen LogP contribution is 2.42. The van der Waals surface area contributed by atoms with Gasteiger partial charge in [-0.05, 0) is 30.9 Å². The maximum Gasteiger partial charge on any atom is 0.251 e. The zero-order valence-electron chi connectivity index (χ0n) is 17.6. The largest absolute Gasteiger partial charge is 0.394 e. The van der Waals surface area contributed by atoms with Gasteiger partial charge in [-0.15, -0.1) is 0 Å². The molecule has 162 valence electrons. The predicted molar refractivity (Wildman–Crippen MR) is 119 cm³/mol. The quantitative estimate of drug-likeness (QED) is 0.729. The summed E-state index contributed by atoms with van der Waals surface area (Å²) in [5.74, 6) is 0.137. The fourth-order valence-corrected chi connectivity index (χ4v) is 5.64. The minimum absolute atomic E-state index is 0.0557. The van der Waals surface area contributed by atoms with Crippen LogP contribution >= 0.6 is 0 Å². The molecule has 1 aliphatic carbocycles. The summed E-state index contributed by atoms with van der Waals surface area (Å²) in [5.41, 5.74) is 1.44. The molecule has 0 unspecified atom stereocenters. The van der Waals surface area contributed by atoms with Crippen LogP contribution in [0.5, 0.6) is 0 Å². The van der Waals surface area contributed by atoms with Gasteiger partial charge in [0.05, 0.1) is 12.1 Å². The van der Waals surface area contributed by atoms with E-state index in [4.69, 9.17) is 0 Å². The minimum atomic E-state index is -0.648. The van der Waals surface area contributed by atoms with E-state index in [-0.39, 0.29) is 29.9 Å². The number of hydrogen-bond donors (Lipinski definition) is 2. The first kappa shape index (κ1) is 20.2. The lowest BCUT2D eigenvalue weighted by Gasteiger charge is -2.47. The fourth-order valence-electron chi connectivity index (χ4n) is 5.64. The number of carbonyl (C=O) groups excluding carboxylic acids is 1. The van der Waals surface area contributed by atoms with Gasteiger partial charge >= 0.3 is 0 Å². The van der Waals surface area contributed by atoms with Crippen LogP contribution in [0.15, 0.2) is 65.5 Å². The molecule has 2 aromatic rings. The zero-order chi connectivity index (χ0) is 21.4. The fraction of sp³-hybridized carbons (Fsp3) is 0.440. The van der Waals surface area contributed by atoms with Crippen LogP contribution in [0.1, 0.15) is 42.5 Å². The van der Waals surface area contributed by atoms with Crippen molar-refractivity contribution < 1.29 is 9.90 Å². The molecular formula is C25H29N3O3. The summed E-state index contributed by atoms with van der Waals surface area (Å²) >= 11 is 0. The van der Waals surface area contributed by atoms with E-state index in [1.165, 1.54) is 5.56 Å². The van der Waals surface area contributed by atoms with E-state index in [1.54, 1.807) is 16.7 Å². The summed E-state index contributed by atoms with van der Waals surface area (Å²) in [5, 5.41) is 13.1. The third-order valence-corrected chi connectivity index (χ3v) is 7.12. The van der Waals surface area contributed by atoms with Crippen molar-refractivity contribution in [1.82, 2.24) is 14.8 Å². The second-order valence-corrected chi connectivity index (χ2v) is 9.28. The van der Waals surface area contributed by atoms with Crippen molar-refractivity contribution in [1.29, 1.82) is 0 Å². The van der Waals surface area contributed by atoms with E-state index >= 15 is 0 Å². The van der Waals surface area contributed by atoms with E-state index < -0.39 is 11.6 Å². The summed E-state index contributed by atoms with van der Waals surface area (Å²) in [6.07, 6.45) is 6.13. The van der Waals surface area contributed by atoms with Crippen LogP contribution in [0.25, 0.3) is 0 Å². The Morgan fingerprint density at radius 3 is 2.58 bits per heavy atom. The topological polar surface area (TPSA) is 74.6 Å². The molecule has 0 radical (unpaired) electrons. The highest BCUT2D eigenvalue weighted by atomic mass is 16.3. The number of benzene rings is 1. The summed E-state index contributed by atoms with van der Waals surface area (Å²) < 4.78 is 1.72. The van der Waals surface area contributed by atoms with Gasteiger partial charge in [0, 0.05) is 43.2 Å². The van der Waals surface area contributed by atoms with Crippen molar-refractivity contribution in [3.8, 4) is 0 Å². The molecular weight excluding hydrogens is 390 g/mol. The van der Waals surface area contributed by atoms with E-state index in [1.807, 2.05) is 24.3 Å². The Bertz CT molecular complexity index is 1040. The molecule has 3 aliphatic rings. The van der Waals surface area contributed by atoms with E-state index in [0.29, 0.717) is 12.8 Å². The van der Waals surface area contributed by atoms with Crippen molar-refractivity contribution in [2.75, 3.05) is 19.7 Å². The lowest BCUT2D eigenvalue weighted by Crippen LogP contribution is -2.57. The number of piperidine rings is 1. The van der Waals surface area contributed by atoms with E-state index in [9.17, 15) is 14.7 Å². The third-order valence-electron chi connectivity index (χ3n) is 7.12. The molecule has 5 rings (SSSR count). The van der Waals surface area contributed by atoms with Gasteiger partial charge in [0.25, 0.3) is 5.56 Å². The van der Waals surface area contributed by atoms with Crippen LogP contribution in [-0.4, -0.2) is 45.7 Å². The monoisotopic (exact) mass is 419 g/mol. The Labute approximate surface area is 182 Å². The lowest BCUT2D eigenvalue weighted by molar-refractivity contribution is -0.130. The molecule has 1 fully saturated rings. The van der Waals surface area contributed by atoms with Crippen molar-refractivity contribution in [2.24, 2.45) is 5.92 Å². The van der Waals surface area contributed by atoms with Gasteiger partial charge in [-0.25, -0.2) is 0 Å². The average molecular weight is 420 g/mol. The molecule has 2 N–H and O–H groups in total. The molecule has 6 nitrogen and oxygen atoms in total. The van der Waals surface area contributed by atoms with Gasteiger partial charge in [0.1, 0.15) is 6.04 Å². The SMILES string of the molecule is O=C(NC1(CO)CC=CC1)[C@H]1[C@H]2C[C@H](CN(Cc3ccccc3)C2)c2cccc(=O)n21. The molecule has 1 aromatic heterocycles. The second kappa shape index (κ2) is 8.09. The molecule has 31 heavy (non-hydrogen) atoms. The summed E-state index contributed by atoms with van der Waals surface area (Å²) in [6, 6.07) is 15.2. The summed E-state index contributed by atoms with van der Waals surface area (Å²) in [7, 11) is 0. The van der Waals surface area contributed by atoms with Gasteiger partial charge in [-0.3, -0.25) is 19.1 Å². The standard InChI is InChI=1S/C25H29N3O3/c29-17-25(11-4-5-12-25)26-24(31)23-20-13-19(21-9-6-10-22(30)28(21)23)15-27(16-20)14-18-7-2-1-3-8-18/h1-10,19-20,23,29H,11-17H2,(H,26,31)/t19-,20+,23-/m1/s1. The number of rotatable bonds is 5. The first-order chi connectivity index (χ1) is 15.1. The number of nitrogens with one attached hydrogen (secondary N) is 1. The third kappa shape index (κ3) is 3.75. The van der Waals surface area contributed by atoms with E-state index in [2.05, 4.69) is 34.5 Å². The van der Waals surface area contributed by atoms with Crippen LogP contribution in [0.4, 0.5) is 0 Å². The highest BCUT2D eigenvalue weighted by molar-refractivity contribution is 5.82. The predicted octanol–water partition coefficient (Wildman–Crippen LogP) is 2.21. The highest BCUT2D eigenvalue weighted by Gasteiger charge is 2.45. The van der Waals surface area contributed by atoms with Crippen LogP contribution in [-0.2, 0) is 11.3 Å². The van der Waals surface area contributed by atoms with Crippen LogP contribution < -0.4 is 10.9 Å². The molecule has 2 bridgehead atoms. The molecule has 6 heteroatoms. The van der Waals surface area contributed by atoms with Crippen molar-refractivity contribution in [2.45, 2.75) is 43.3 Å². The van der Waals surface area contributed by atoms with Gasteiger partial charge in [-0.2, -0.15) is 0 Å². The molecule has 3 atom stereocenters. The summed E-state index contributed by atoms with van der Waals surface area (Å²) in [6.45, 7) is 2.38. The molecule has 3 heterocycles. The second-order valence-electron chi connectivity index (χ2n) is 9.28. The number of aliphatic hydroxyl groups excluding tert-OH is 1. The number of nitrogens with zero attached hydrogens (tertiary/aromatic N) is 2. The number of amides is 1. The Kier molecular flexibility index (Phi) is 5.28. The van der Waals surface area contributed by atoms with E-state index in [0.717, 1.165) is 31.7 Å². The molecule has 0 spiro atoms. The Hall–Kier alpha value is -2.70. The smallest absolute Gasteiger partial charge is 0.251 e. The van der Waals surface area contributed by atoms with Gasteiger partial charge in [0.2, 0.25) is 5.91 Å². The van der Waals surface area contributed by atoms with Crippen molar-refractivity contribution in [3.63, 3.8) is 0 Å². The number of hydrogen-bond acceptors (Lipinski definition) is 4. The van der Waals surface area contributed by atoms with Crippen LogP contribution in [0.2, 0.25) is 0 Å². The Balaban J connectivity index is 1.46. The van der Waals surface area contributed by atoms with Gasteiger partial charge in [-0.1, -0.05) is 48.6 Å². The first-order valence-electron chi connectivity index (χ1n) is 11.1. The van der Waals surface area contributed by atoms with Crippen LogP contribution in [0.3, 0.4) is 0 Å². The number of likely N-dealkylation sites (tertiary alicyclic amines) is 1. The summed E-state index contributed by atoms with van der Waals surface area (Å²) in [4.78, 5) is 28.9. The molecule has 1 aromatic carbocycles. The number of aliphatic hydroxyl groups is 1. The number of aromatic nitrogens is 1. The van der Waals surface area contributed by atoms with Crippen LogP contribution in [0, 0.1) is 5.92 Å². The Morgan fingerprint density at radius 1 is 1.06 bits per heavy atom. The minimum Gasteiger partial charge on any atom is -0.394 e. The Morgan fingerprint density at radius 2 is 1.84 bits per heavy atom. The molecule has 1 saturated heterocycles. The zero-order valence-corrected chi connectivity index (χ0v) is 17.6. The molecule has 2 aliphatic heterocycles. The maximum atomic E-state index is 13.6. The number of fused-ring (bicyclic) bond motifs is 4.